The van der Waals surface area contributed by atoms with Gasteiger partial charge >= 0.3 is 0 Å². The lowest BCUT2D eigenvalue weighted by atomic mass is 9.79. The van der Waals surface area contributed by atoms with Crippen LogP contribution in [0.5, 0.6) is 11.5 Å². The second kappa shape index (κ2) is 6.16. The molecule has 5 nitrogen and oxygen atoms in total. The number of benzene rings is 2. The molecule has 1 aliphatic rings. The standard InChI is InChI=1S/C20H18O5/c1-3-6-11-14(9-10(2)21)20(25)16-15(17(11)22)18(23)12-7-4-5-8-13(12)19(16)24/h4-5,7-8,22,25H,3,6,9H2,1-2H3. The van der Waals surface area contributed by atoms with Gasteiger partial charge in [0.25, 0.3) is 0 Å². The summed E-state index contributed by atoms with van der Waals surface area (Å²) >= 11 is 0. The molecule has 1 aliphatic carbocycles. The molecule has 2 aromatic rings. The van der Waals surface area contributed by atoms with Gasteiger partial charge in [-0.25, -0.2) is 0 Å². The van der Waals surface area contributed by atoms with Crippen molar-refractivity contribution in [2.75, 3.05) is 0 Å². The Morgan fingerprint density at radius 2 is 1.40 bits per heavy atom. The molecule has 3 rings (SSSR count). The van der Waals surface area contributed by atoms with Crippen LogP contribution in [0.4, 0.5) is 0 Å². The Morgan fingerprint density at radius 1 is 0.920 bits per heavy atom. The van der Waals surface area contributed by atoms with E-state index in [1.54, 1.807) is 12.1 Å². The Hall–Kier alpha value is -2.95. The molecule has 0 bridgehead atoms. The van der Waals surface area contributed by atoms with Crippen LogP contribution in [0.2, 0.25) is 0 Å². The Morgan fingerprint density at radius 3 is 1.84 bits per heavy atom. The highest BCUT2D eigenvalue weighted by molar-refractivity contribution is 6.30. The summed E-state index contributed by atoms with van der Waals surface area (Å²) < 4.78 is 0. The number of hydrogen-bond donors (Lipinski definition) is 2. The smallest absolute Gasteiger partial charge is 0.198 e. The summed E-state index contributed by atoms with van der Waals surface area (Å²) in [7, 11) is 0. The number of rotatable bonds is 4. The van der Waals surface area contributed by atoms with Crippen LogP contribution in [0, 0.1) is 0 Å². The van der Waals surface area contributed by atoms with E-state index >= 15 is 0 Å². The minimum absolute atomic E-state index is 0.106. The van der Waals surface area contributed by atoms with E-state index < -0.39 is 11.6 Å². The second-order valence-corrected chi connectivity index (χ2v) is 6.24. The minimum Gasteiger partial charge on any atom is -0.507 e. The molecular weight excluding hydrogens is 320 g/mol. The van der Waals surface area contributed by atoms with Crippen LogP contribution in [0.3, 0.4) is 0 Å². The number of Topliss-reactive ketones (excluding diaryl/α,β-unsaturated/α-hetero) is 1. The van der Waals surface area contributed by atoms with Gasteiger partial charge in [0.15, 0.2) is 11.6 Å². The average Bonchev–Trinajstić information content (AvgIpc) is 2.58. The summed E-state index contributed by atoms with van der Waals surface area (Å²) in [5, 5.41) is 21.4. The molecule has 2 N–H and O–H groups in total. The average molecular weight is 338 g/mol. The Bertz CT molecular complexity index is 924. The first-order valence-electron chi connectivity index (χ1n) is 8.15. The van der Waals surface area contributed by atoms with E-state index in [9.17, 15) is 24.6 Å². The van der Waals surface area contributed by atoms with Crippen LogP contribution in [-0.4, -0.2) is 27.6 Å². The summed E-state index contributed by atoms with van der Waals surface area (Å²) in [6, 6.07) is 6.31. The van der Waals surface area contributed by atoms with Crippen LogP contribution < -0.4 is 0 Å². The molecular formula is C20H18O5. The summed E-state index contributed by atoms with van der Waals surface area (Å²) in [5.41, 5.74) is 0.595. The topological polar surface area (TPSA) is 91.7 Å². The Labute approximate surface area is 144 Å². The highest BCUT2D eigenvalue weighted by atomic mass is 16.3. The highest BCUT2D eigenvalue weighted by Gasteiger charge is 2.37. The molecule has 0 spiro atoms. The van der Waals surface area contributed by atoms with Gasteiger partial charge < -0.3 is 10.2 Å². The lowest BCUT2D eigenvalue weighted by molar-refractivity contribution is -0.116. The SMILES string of the molecule is CCCc1c(O)c2c(c(O)c1CC(C)=O)C(=O)c1ccccc1C2=O. The fourth-order valence-corrected chi connectivity index (χ4v) is 3.37. The van der Waals surface area contributed by atoms with E-state index in [1.165, 1.54) is 19.1 Å². The van der Waals surface area contributed by atoms with Crippen LogP contribution in [0.1, 0.15) is 63.2 Å². The third kappa shape index (κ3) is 2.52. The first kappa shape index (κ1) is 16.9. The van der Waals surface area contributed by atoms with Gasteiger partial charge in [-0.2, -0.15) is 0 Å². The van der Waals surface area contributed by atoms with Gasteiger partial charge in [0.1, 0.15) is 17.3 Å². The maximum Gasteiger partial charge on any atom is 0.198 e. The fraction of sp³-hybridized carbons (Fsp3) is 0.250. The zero-order chi connectivity index (χ0) is 18.3. The highest BCUT2D eigenvalue weighted by Crippen LogP contribution is 2.43. The van der Waals surface area contributed by atoms with Crippen molar-refractivity contribution >= 4 is 17.3 Å². The van der Waals surface area contributed by atoms with Crippen molar-refractivity contribution in [2.45, 2.75) is 33.1 Å². The normalized spacial score (nSPS) is 12.7. The second-order valence-electron chi connectivity index (χ2n) is 6.24. The van der Waals surface area contributed by atoms with Gasteiger partial charge in [0.2, 0.25) is 0 Å². The van der Waals surface area contributed by atoms with E-state index in [4.69, 9.17) is 0 Å². The first-order chi connectivity index (χ1) is 11.9. The summed E-state index contributed by atoms with van der Waals surface area (Å²) in [4.78, 5) is 37.3. The number of fused-ring (bicyclic) bond motifs is 2. The molecule has 25 heavy (non-hydrogen) atoms. The summed E-state index contributed by atoms with van der Waals surface area (Å²) in [6.45, 7) is 3.25. The predicted molar refractivity (Wildman–Crippen MR) is 91.5 cm³/mol. The number of carbonyl (C=O) groups excluding carboxylic acids is 3. The molecule has 0 aromatic heterocycles. The van der Waals surface area contributed by atoms with Crippen molar-refractivity contribution in [2.24, 2.45) is 0 Å². The number of hydrogen-bond acceptors (Lipinski definition) is 5. The number of aromatic hydroxyl groups is 2. The maximum absolute atomic E-state index is 12.8. The van der Waals surface area contributed by atoms with Gasteiger partial charge in [0, 0.05) is 28.7 Å². The van der Waals surface area contributed by atoms with Crippen molar-refractivity contribution in [3.05, 3.63) is 57.6 Å². The van der Waals surface area contributed by atoms with Crippen molar-refractivity contribution in [3.63, 3.8) is 0 Å². The molecule has 0 heterocycles. The van der Waals surface area contributed by atoms with Crippen molar-refractivity contribution in [1.29, 1.82) is 0 Å². The summed E-state index contributed by atoms with van der Waals surface area (Å²) in [5.74, 6) is -1.91. The van der Waals surface area contributed by atoms with Gasteiger partial charge in [-0.3, -0.25) is 14.4 Å². The zero-order valence-corrected chi connectivity index (χ0v) is 14.0. The van der Waals surface area contributed by atoms with Gasteiger partial charge in [-0.15, -0.1) is 0 Å². The minimum atomic E-state index is -0.522. The fourth-order valence-electron chi connectivity index (χ4n) is 3.37. The van der Waals surface area contributed by atoms with Crippen molar-refractivity contribution in [1.82, 2.24) is 0 Å². The molecule has 0 aliphatic heterocycles. The third-order valence-corrected chi connectivity index (χ3v) is 4.46. The number of carbonyl (C=O) groups is 3. The zero-order valence-electron chi connectivity index (χ0n) is 14.0. The van der Waals surface area contributed by atoms with Crippen molar-refractivity contribution in [3.8, 4) is 11.5 Å². The van der Waals surface area contributed by atoms with E-state index in [1.807, 2.05) is 6.92 Å². The van der Waals surface area contributed by atoms with Gasteiger partial charge in [0.05, 0.1) is 11.1 Å². The van der Waals surface area contributed by atoms with Crippen LogP contribution in [0.15, 0.2) is 24.3 Å². The lowest BCUT2D eigenvalue weighted by Gasteiger charge is -2.23. The quantitative estimate of drug-likeness (QED) is 0.714. The molecule has 0 radical (unpaired) electrons. The third-order valence-electron chi connectivity index (χ3n) is 4.46. The first-order valence-corrected chi connectivity index (χ1v) is 8.15. The van der Waals surface area contributed by atoms with E-state index in [-0.39, 0.29) is 51.5 Å². The van der Waals surface area contributed by atoms with E-state index in [0.717, 1.165) is 0 Å². The van der Waals surface area contributed by atoms with E-state index in [2.05, 4.69) is 0 Å². The molecule has 0 saturated carbocycles. The molecule has 0 saturated heterocycles. The predicted octanol–water partition coefficient (Wildman–Crippen LogP) is 2.96. The van der Waals surface area contributed by atoms with Crippen LogP contribution in [-0.2, 0) is 17.6 Å². The molecule has 0 unspecified atom stereocenters. The van der Waals surface area contributed by atoms with Crippen molar-refractivity contribution < 1.29 is 24.6 Å². The lowest BCUT2D eigenvalue weighted by Crippen LogP contribution is -2.23. The van der Waals surface area contributed by atoms with Gasteiger partial charge in [-0.05, 0) is 13.3 Å². The molecule has 0 amide bonds. The maximum atomic E-state index is 12.8. The monoisotopic (exact) mass is 338 g/mol. The number of phenolic OH excluding ortho intramolecular Hbond substituents is 2. The Kier molecular flexibility index (Phi) is 4.17. The Balaban J connectivity index is 2.37. The molecule has 128 valence electrons. The molecule has 0 fully saturated rings. The summed E-state index contributed by atoms with van der Waals surface area (Å²) in [6.07, 6.45) is 0.930. The number of phenols is 2. The molecule has 0 atom stereocenters. The number of ketones is 3. The largest absolute Gasteiger partial charge is 0.507 e. The van der Waals surface area contributed by atoms with Crippen LogP contribution in [0.25, 0.3) is 0 Å². The molecule has 2 aromatic carbocycles. The van der Waals surface area contributed by atoms with Crippen LogP contribution >= 0.6 is 0 Å². The molecule has 5 heteroatoms. The van der Waals surface area contributed by atoms with Gasteiger partial charge in [-0.1, -0.05) is 37.6 Å². The van der Waals surface area contributed by atoms with E-state index in [0.29, 0.717) is 18.4 Å².